The van der Waals surface area contributed by atoms with Crippen molar-refractivity contribution in [2.75, 3.05) is 7.11 Å². The first-order valence-corrected chi connectivity index (χ1v) is 8.97. The Kier molecular flexibility index (Phi) is 3.98. The van der Waals surface area contributed by atoms with E-state index in [-0.39, 0.29) is 11.5 Å². The van der Waals surface area contributed by atoms with E-state index in [9.17, 15) is 0 Å². The van der Waals surface area contributed by atoms with Gasteiger partial charge in [0, 0.05) is 24.3 Å². The van der Waals surface area contributed by atoms with Gasteiger partial charge in [0.15, 0.2) is 0 Å². The maximum atomic E-state index is 6.19. The predicted molar refractivity (Wildman–Crippen MR) is 99.9 cm³/mol. The van der Waals surface area contributed by atoms with Gasteiger partial charge in [-0.2, -0.15) is 0 Å². The van der Waals surface area contributed by atoms with Crippen LogP contribution >= 0.6 is 11.6 Å². The van der Waals surface area contributed by atoms with Crippen molar-refractivity contribution in [3.8, 4) is 0 Å². The van der Waals surface area contributed by atoms with Gasteiger partial charge in [-0.3, -0.25) is 4.99 Å². The van der Waals surface area contributed by atoms with Crippen molar-refractivity contribution in [3.63, 3.8) is 0 Å². The molecule has 1 aliphatic carbocycles. The van der Waals surface area contributed by atoms with Crippen LogP contribution in [0, 0.1) is 6.92 Å². The van der Waals surface area contributed by atoms with Crippen LogP contribution in [0.4, 0.5) is 5.69 Å². The molecule has 2 aliphatic rings. The number of hydrogen-bond acceptors (Lipinski definition) is 2. The molecule has 0 aromatic heterocycles. The fraction of sp³-hybridized carbons (Fsp3) is 0.381. The molecule has 0 N–H and O–H groups in total. The highest BCUT2D eigenvalue weighted by molar-refractivity contribution is 6.31. The Balaban J connectivity index is 1.90. The molecule has 24 heavy (non-hydrogen) atoms. The minimum atomic E-state index is -0.194. The third kappa shape index (κ3) is 2.32. The lowest BCUT2D eigenvalue weighted by Crippen LogP contribution is -2.48. The lowest BCUT2D eigenvalue weighted by atomic mass is 9.60. The molecule has 0 bridgehead atoms. The Morgan fingerprint density at radius 2 is 2.04 bits per heavy atom. The summed E-state index contributed by atoms with van der Waals surface area (Å²) in [5.74, 6) is 0.377. The number of nitrogens with zero attached hydrogens (tertiary/aromatic N) is 1. The van der Waals surface area contributed by atoms with Crippen molar-refractivity contribution >= 4 is 23.5 Å². The second-order valence-electron chi connectivity index (χ2n) is 6.97. The second-order valence-corrected chi connectivity index (χ2v) is 7.41. The maximum absolute atomic E-state index is 6.19. The summed E-state index contributed by atoms with van der Waals surface area (Å²) in [6.45, 7) is 2.16. The van der Waals surface area contributed by atoms with Gasteiger partial charge in [-0.15, -0.1) is 0 Å². The second kappa shape index (κ2) is 6.02. The molecule has 1 fully saturated rings. The van der Waals surface area contributed by atoms with Crippen molar-refractivity contribution in [3.05, 3.63) is 64.2 Å². The van der Waals surface area contributed by atoms with Crippen LogP contribution in [0.1, 0.15) is 41.9 Å². The van der Waals surface area contributed by atoms with E-state index < -0.39 is 0 Å². The Morgan fingerprint density at radius 3 is 2.83 bits per heavy atom. The maximum Gasteiger partial charge on any atom is 0.0724 e. The largest absolute Gasteiger partial charge is 0.380 e. The molecular weight excluding hydrogens is 318 g/mol. The lowest BCUT2D eigenvalue weighted by Gasteiger charge is -2.46. The zero-order chi connectivity index (χ0) is 16.7. The van der Waals surface area contributed by atoms with Crippen LogP contribution in [-0.4, -0.2) is 19.4 Å². The molecule has 1 spiro atoms. The van der Waals surface area contributed by atoms with E-state index in [4.69, 9.17) is 21.3 Å². The molecule has 4 rings (SSSR count). The number of methoxy groups -OCH3 is 1. The van der Waals surface area contributed by atoms with E-state index in [1.54, 1.807) is 0 Å². The van der Waals surface area contributed by atoms with Crippen LogP contribution in [0.3, 0.4) is 0 Å². The summed E-state index contributed by atoms with van der Waals surface area (Å²) in [5.41, 5.74) is 4.73. The zero-order valence-corrected chi connectivity index (χ0v) is 14.9. The summed E-state index contributed by atoms with van der Waals surface area (Å²) in [6.07, 6.45) is 5.66. The van der Waals surface area contributed by atoms with Gasteiger partial charge in [0.25, 0.3) is 0 Å². The summed E-state index contributed by atoms with van der Waals surface area (Å²) in [7, 11) is 1.83. The van der Waals surface area contributed by atoms with Crippen LogP contribution in [-0.2, 0) is 10.2 Å². The van der Waals surface area contributed by atoms with Crippen LogP contribution in [0.25, 0.3) is 0 Å². The third-order valence-electron chi connectivity index (χ3n) is 5.64. The summed E-state index contributed by atoms with van der Waals surface area (Å²) >= 11 is 6.19. The van der Waals surface area contributed by atoms with Crippen LogP contribution in [0.15, 0.2) is 47.5 Å². The monoisotopic (exact) mass is 339 g/mol. The Bertz CT molecular complexity index is 800. The standard InChI is InChI=1S/C21H22ClNO/c1-14-5-3-6-15(11-14)17-7-4-8-20(24-2)21(17)13-23-19-12-16(22)9-10-18(19)21/h3,5-6,9-13,17,20H,4,7-8H2,1-2H3. The number of halogens is 1. The summed E-state index contributed by atoms with van der Waals surface area (Å²) in [5, 5.41) is 0.736. The van der Waals surface area contributed by atoms with Gasteiger partial charge in [0.2, 0.25) is 0 Å². The van der Waals surface area contributed by atoms with E-state index in [0.29, 0.717) is 5.92 Å². The number of benzene rings is 2. The summed E-state index contributed by atoms with van der Waals surface area (Å²) < 4.78 is 5.97. The smallest absolute Gasteiger partial charge is 0.0724 e. The zero-order valence-electron chi connectivity index (χ0n) is 14.1. The van der Waals surface area contributed by atoms with Crippen molar-refractivity contribution < 1.29 is 4.74 Å². The molecule has 3 atom stereocenters. The number of aliphatic imine (C=N–C) groups is 1. The molecule has 124 valence electrons. The Labute approximate surface area is 148 Å². The number of ether oxygens (including phenoxy) is 1. The van der Waals surface area contributed by atoms with Gasteiger partial charge < -0.3 is 4.74 Å². The van der Waals surface area contributed by atoms with Crippen molar-refractivity contribution in [1.82, 2.24) is 0 Å². The summed E-state index contributed by atoms with van der Waals surface area (Å²) in [6, 6.07) is 15.0. The minimum Gasteiger partial charge on any atom is -0.380 e. The van der Waals surface area contributed by atoms with E-state index in [1.165, 1.54) is 23.1 Å². The van der Waals surface area contributed by atoms with Crippen LogP contribution in [0.5, 0.6) is 0 Å². The highest BCUT2D eigenvalue weighted by Crippen LogP contribution is 2.54. The molecule has 2 aromatic carbocycles. The first-order valence-electron chi connectivity index (χ1n) is 8.60. The van der Waals surface area contributed by atoms with E-state index in [2.05, 4.69) is 43.5 Å². The Hall–Kier alpha value is -1.64. The van der Waals surface area contributed by atoms with E-state index >= 15 is 0 Å². The third-order valence-corrected chi connectivity index (χ3v) is 5.88. The highest BCUT2D eigenvalue weighted by atomic mass is 35.5. The van der Waals surface area contributed by atoms with Crippen LogP contribution in [0.2, 0.25) is 5.02 Å². The average molecular weight is 340 g/mol. The van der Waals surface area contributed by atoms with Gasteiger partial charge >= 0.3 is 0 Å². The molecule has 2 nitrogen and oxygen atoms in total. The number of fused-ring (bicyclic) bond motifs is 2. The molecule has 3 unspecified atom stereocenters. The number of rotatable bonds is 2. The SMILES string of the molecule is COC1CCCC(c2cccc(C)c2)C12C=Nc1cc(Cl)ccc12. The lowest BCUT2D eigenvalue weighted by molar-refractivity contribution is 0.0230. The fourth-order valence-electron chi connectivity index (χ4n) is 4.61. The first kappa shape index (κ1) is 15.9. The first-order chi connectivity index (χ1) is 11.6. The molecule has 0 radical (unpaired) electrons. The van der Waals surface area contributed by atoms with Crippen molar-refractivity contribution in [2.45, 2.75) is 43.6 Å². The molecule has 1 saturated carbocycles. The van der Waals surface area contributed by atoms with Crippen molar-refractivity contribution in [2.24, 2.45) is 4.99 Å². The molecule has 1 heterocycles. The van der Waals surface area contributed by atoms with Gasteiger partial charge in [-0.25, -0.2) is 0 Å². The Morgan fingerprint density at radius 1 is 1.17 bits per heavy atom. The average Bonchev–Trinajstić information content (AvgIpc) is 2.94. The van der Waals surface area contributed by atoms with E-state index in [0.717, 1.165) is 23.6 Å². The molecule has 0 saturated heterocycles. The van der Waals surface area contributed by atoms with Gasteiger partial charge in [-0.05, 0) is 43.0 Å². The minimum absolute atomic E-state index is 0.142. The van der Waals surface area contributed by atoms with Gasteiger partial charge in [-0.1, -0.05) is 53.9 Å². The van der Waals surface area contributed by atoms with Crippen molar-refractivity contribution in [1.29, 1.82) is 0 Å². The molecule has 2 aromatic rings. The number of aryl methyl sites for hydroxylation is 1. The van der Waals surface area contributed by atoms with E-state index in [1.807, 2.05) is 19.2 Å². The normalized spacial score (nSPS) is 28.3. The van der Waals surface area contributed by atoms with Gasteiger partial charge in [0.1, 0.15) is 0 Å². The topological polar surface area (TPSA) is 21.6 Å². The quantitative estimate of drug-likeness (QED) is 0.699. The van der Waals surface area contributed by atoms with Gasteiger partial charge in [0.05, 0.1) is 17.2 Å². The summed E-state index contributed by atoms with van der Waals surface area (Å²) in [4.78, 5) is 4.74. The van der Waals surface area contributed by atoms with Crippen LogP contribution < -0.4 is 0 Å². The molecule has 1 aliphatic heterocycles. The predicted octanol–water partition coefficient (Wildman–Crippen LogP) is 5.58. The highest BCUT2D eigenvalue weighted by Gasteiger charge is 2.52. The molecule has 3 heteroatoms. The number of hydrogen-bond donors (Lipinski definition) is 0. The fourth-order valence-corrected chi connectivity index (χ4v) is 4.78. The molecular formula is C21H22ClNO. The molecule has 0 amide bonds.